The number of nitrogens with zero attached hydrogens (tertiary/aromatic N) is 1. The van der Waals surface area contributed by atoms with Gasteiger partial charge >= 0.3 is 0 Å². The molecule has 1 atom stereocenters. The number of thiophene rings is 1. The molecule has 1 aromatic heterocycles. The summed E-state index contributed by atoms with van der Waals surface area (Å²) in [6.45, 7) is 3.89. The smallest absolute Gasteiger partial charge is 0.261 e. The van der Waals surface area contributed by atoms with Crippen molar-refractivity contribution >= 4 is 23.2 Å². The number of nitriles is 1. The zero-order chi connectivity index (χ0) is 14.3. The molecule has 5 nitrogen and oxygen atoms in total. The molecule has 0 saturated carbocycles. The monoisotopic (exact) mass is 279 g/mol. The lowest BCUT2D eigenvalue weighted by molar-refractivity contribution is -0.123. The summed E-state index contributed by atoms with van der Waals surface area (Å²) in [6, 6.07) is 4.73. The molecule has 0 aromatic carbocycles. The van der Waals surface area contributed by atoms with Gasteiger partial charge in [-0.1, -0.05) is 19.9 Å². The van der Waals surface area contributed by atoms with Gasteiger partial charge in [-0.25, -0.2) is 0 Å². The van der Waals surface area contributed by atoms with Gasteiger partial charge in [0.25, 0.3) is 5.91 Å². The molecule has 0 spiro atoms. The number of carbonyl (C=O) groups is 2. The second kappa shape index (κ2) is 7.54. The minimum atomic E-state index is -0.608. The highest BCUT2D eigenvalue weighted by atomic mass is 32.1. The van der Waals surface area contributed by atoms with Crippen LogP contribution < -0.4 is 10.6 Å². The molecule has 2 N–H and O–H groups in total. The molecule has 0 aliphatic carbocycles. The van der Waals surface area contributed by atoms with Crippen molar-refractivity contribution in [3.63, 3.8) is 0 Å². The summed E-state index contributed by atoms with van der Waals surface area (Å²) in [7, 11) is 0. The van der Waals surface area contributed by atoms with Gasteiger partial charge in [0.05, 0.1) is 10.9 Å². The summed E-state index contributed by atoms with van der Waals surface area (Å²) in [5.41, 5.74) is 0. The van der Waals surface area contributed by atoms with E-state index in [2.05, 4.69) is 10.6 Å². The predicted octanol–water partition coefficient (Wildman–Crippen LogP) is 1.53. The zero-order valence-electron chi connectivity index (χ0n) is 11.0. The van der Waals surface area contributed by atoms with E-state index in [-0.39, 0.29) is 24.3 Å². The lowest BCUT2D eigenvalue weighted by atomic mass is 10.0. The molecule has 0 fully saturated rings. The summed E-state index contributed by atoms with van der Waals surface area (Å²) < 4.78 is 0. The van der Waals surface area contributed by atoms with Crippen molar-refractivity contribution in [1.82, 2.24) is 10.6 Å². The maximum absolute atomic E-state index is 11.9. The van der Waals surface area contributed by atoms with Gasteiger partial charge in [0.1, 0.15) is 12.6 Å². The van der Waals surface area contributed by atoms with Gasteiger partial charge in [0.2, 0.25) is 5.91 Å². The van der Waals surface area contributed by atoms with Crippen molar-refractivity contribution in [2.45, 2.75) is 26.3 Å². The van der Waals surface area contributed by atoms with Gasteiger partial charge in [-0.15, -0.1) is 11.3 Å². The Kier molecular flexibility index (Phi) is 6.03. The van der Waals surface area contributed by atoms with Crippen LogP contribution in [0.1, 0.15) is 29.9 Å². The second-order valence-electron chi connectivity index (χ2n) is 4.51. The molecule has 6 heteroatoms. The molecule has 0 unspecified atom stereocenters. The molecular formula is C13H17N3O2S. The van der Waals surface area contributed by atoms with E-state index in [9.17, 15) is 9.59 Å². The first-order valence-corrected chi connectivity index (χ1v) is 6.91. The minimum absolute atomic E-state index is 0.0533. The fraction of sp³-hybridized carbons (Fsp3) is 0.462. The summed E-state index contributed by atoms with van der Waals surface area (Å²) in [6.07, 6.45) is 0.536. The normalized spacial score (nSPS) is 11.7. The van der Waals surface area contributed by atoms with E-state index in [0.717, 1.165) is 0 Å². The molecule has 0 aliphatic heterocycles. The quantitative estimate of drug-likeness (QED) is 0.775. The third-order valence-corrected chi connectivity index (χ3v) is 3.28. The number of nitrogens with one attached hydrogen (secondary N) is 2. The third-order valence-electron chi connectivity index (χ3n) is 2.42. The van der Waals surface area contributed by atoms with E-state index in [0.29, 0.717) is 11.3 Å². The van der Waals surface area contributed by atoms with Gasteiger partial charge in [0.15, 0.2) is 0 Å². The molecule has 102 valence electrons. The van der Waals surface area contributed by atoms with Crippen LogP contribution in [0.25, 0.3) is 0 Å². The molecule has 1 aromatic rings. The average molecular weight is 279 g/mol. The molecule has 0 radical (unpaired) electrons. The maximum atomic E-state index is 11.9. The highest BCUT2D eigenvalue weighted by Crippen LogP contribution is 2.10. The Morgan fingerprint density at radius 2 is 2.21 bits per heavy atom. The van der Waals surface area contributed by atoms with Crippen molar-refractivity contribution < 1.29 is 9.59 Å². The summed E-state index contributed by atoms with van der Waals surface area (Å²) in [5, 5.41) is 15.5. The van der Waals surface area contributed by atoms with Crippen LogP contribution in [0.5, 0.6) is 0 Å². The largest absolute Gasteiger partial charge is 0.341 e. The fourth-order valence-corrected chi connectivity index (χ4v) is 2.22. The van der Waals surface area contributed by atoms with Crippen LogP contribution in [0.15, 0.2) is 17.5 Å². The Balaban J connectivity index is 2.66. The predicted molar refractivity (Wildman–Crippen MR) is 73.7 cm³/mol. The topological polar surface area (TPSA) is 82.0 Å². The standard InChI is InChI=1S/C13H17N3O2S/c1-9(2)8-10(12(17)15-6-5-14)16-13(18)11-4-3-7-19-11/h3-4,7,9-10H,6,8H2,1-2H3,(H,15,17)(H,16,18)/t10-/m0/s1. The Morgan fingerprint density at radius 3 is 2.74 bits per heavy atom. The van der Waals surface area contributed by atoms with Gasteiger partial charge < -0.3 is 10.6 Å². The number of hydrogen-bond acceptors (Lipinski definition) is 4. The first-order valence-electron chi connectivity index (χ1n) is 6.03. The molecule has 0 bridgehead atoms. The fourth-order valence-electron chi connectivity index (χ4n) is 1.59. The van der Waals surface area contributed by atoms with Crippen molar-refractivity contribution in [1.29, 1.82) is 5.26 Å². The van der Waals surface area contributed by atoms with Crippen LogP contribution in [-0.4, -0.2) is 24.4 Å². The van der Waals surface area contributed by atoms with Gasteiger partial charge in [-0.2, -0.15) is 5.26 Å². The second-order valence-corrected chi connectivity index (χ2v) is 5.46. The van der Waals surface area contributed by atoms with E-state index in [1.807, 2.05) is 25.3 Å². The van der Waals surface area contributed by atoms with Crippen LogP contribution in [0.2, 0.25) is 0 Å². The first-order chi connectivity index (χ1) is 9.04. The SMILES string of the molecule is CC(C)C[C@H](NC(=O)c1cccs1)C(=O)NCC#N. The highest BCUT2D eigenvalue weighted by molar-refractivity contribution is 7.12. The number of amides is 2. The molecule has 1 rings (SSSR count). The van der Waals surface area contributed by atoms with Gasteiger partial charge in [-0.05, 0) is 23.8 Å². The van der Waals surface area contributed by atoms with Gasteiger partial charge in [0, 0.05) is 0 Å². The molecule has 1 heterocycles. The summed E-state index contributed by atoms with van der Waals surface area (Å²) in [4.78, 5) is 24.4. The van der Waals surface area contributed by atoms with Crippen LogP contribution in [0.3, 0.4) is 0 Å². The van der Waals surface area contributed by atoms with E-state index in [1.165, 1.54) is 11.3 Å². The molecule has 2 amide bonds. The minimum Gasteiger partial charge on any atom is -0.341 e. The van der Waals surface area contributed by atoms with Crippen molar-refractivity contribution in [2.24, 2.45) is 5.92 Å². The maximum Gasteiger partial charge on any atom is 0.261 e. The van der Waals surface area contributed by atoms with E-state index in [4.69, 9.17) is 5.26 Å². The Morgan fingerprint density at radius 1 is 1.47 bits per heavy atom. The number of hydrogen-bond donors (Lipinski definition) is 2. The van der Waals surface area contributed by atoms with Gasteiger partial charge in [-0.3, -0.25) is 9.59 Å². The van der Waals surface area contributed by atoms with Crippen molar-refractivity contribution in [3.8, 4) is 6.07 Å². The average Bonchev–Trinajstić information content (AvgIpc) is 2.88. The van der Waals surface area contributed by atoms with Crippen LogP contribution >= 0.6 is 11.3 Å². The first kappa shape index (κ1) is 15.2. The third kappa shape index (κ3) is 5.10. The molecule has 19 heavy (non-hydrogen) atoms. The highest BCUT2D eigenvalue weighted by Gasteiger charge is 2.22. The Bertz CT molecular complexity index is 463. The lowest BCUT2D eigenvalue weighted by Gasteiger charge is -2.19. The van der Waals surface area contributed by atoms with Crippen molar-refractivity contribution in [3.05, 3.63) is 22.4 Å². The van der Waals surface area contributed by atoms with E-state index < -0.39 is 6.04 Å². The summed E-state index contributed by atoms with van der Waals surface area (Å²) >= 11 is 1.33. The number of carbonyl (C=O) groups excluding carboxylic acids is 2. The number of rotatable bonds is 6. The van der Waals surface area contributed by atoms with Crippen molar-refractivity contribution in [2.75, 3.05) is 6.54 Å². The van der Waals surface area contributed by atoms with Crippen LogP contribution in [0.4, 0.5) is 0 Å². The summed E-state index contributed by atoms with van der Waals surface area (Å²) in [5.74, 6) is -0.311. The van der Waals surface area contributed by atoms with Crippen LogP contribution in [0, 0.1) is 17.2 Å². The van der Waals surface area contributed by atoms with Crippen LogP contribution in [-0.2, 0) is 4.79 Å². The Hall–Kier alpha value is -1.87. The Labute approximate surface area is 116 Å². The molecule has 0 saturated heterocycles. The van der Waals surface area contributed by atoms with E-state index >= 15 is 0 Å². The molecular weight excluding hydrogens is 262 g/mol. The lowest BCUT2D eigenvalue weighted by Crippen LogP contribution is -2.47. The van der Waals surface area contributed by atoms with E-state index in [1.54, 1.807) is 12.1 Å². The zero-order valence-corrected chi connectivity index (χ0v) is 11.8. The molecule has 0 aliphatic rings.